The van der Waals surface area contributed by atoms with E-state index in [2.05, 4.69) is 25.0 Å². The van der Waals surface area contributed by atoms with Crippen molar-refractivity contribution in [2.24, 2.45) is 5.41 Å². The van der Waals surface area contributed by atoms with Gasteiger partial charge in [-0.05, 0) is 48.4 Å². The molecule has 0 N–H and O–H groups in total. The fourth-order valence-electron chi connectivity index (χ4n) is 2.33. The minimum absolute atomic E-state index is 0. The highest BCUT2D eigenvalue weighted by Crippen LogP contribution is 2.65. The van der Waals surface area contributed by atoms with Gasteiger partial charge in [-0.25, -0.2) is 4.39 Å². The molecular formula is C16H17FS2. The van der Waals surface area contributed by atoms with Gasteiger partial charge in [-0.3, -0.25) is 0 Å². The number of hydrogen-bond acceptors (Lipinski definition) is 2. The Morgan fingerprint density at radius 3 is 2.84 bits per heavy atom. The van der Waals surface area contributed by atoms with E-state index in [9.17, 15) is 4.39 Å². The fraction of sp³-hybridized carbons (Fsp3) is 0.250. The lowest BCUT2D eigenvalue weighted by atomic mass is 10.0. The number of thioether (sulfide) groups is 2. The summed E-state index contributed by atoms with van der Waals surface area (Å²) in [5.74, 6) is -0.191. The Kier molecular flexibility index (Phi) is 3.35. The van der Waals surface area contributed by atoms with E-state index in [1.807, 2.05) is 11.8 Å². The minimum atomic E-state index is -0.191. The molecule has 0 atom stereocenters. The number of allylic oxidation sites excluding steroid dienone is 2. The first kappa shape index (κ1) is 13.1. The Morgan fingerprint density at radius 1 is 1.42 bits per heavy atom. The van der Waals surface area contributed by atoms with Crippen LogP contribution in [0.1, 0.15) is 25.4 Å². The zero-order valence-electron chi connectivity index (χ0n) is 10.8. The average molecular weight is 292 g/mol. The lowest BCUT2D eigenvalue weighted by Crippen LogP contribution is -1.93. The van der Waals surface area contributed by atoms with Crippen LogP contribution in [0.5, 0.6) is 0 Å². The third-order valence-corrected chi connectivity index (χ3v) is 5.97. The number of benzene rings is 1. The van der Waals surface area contributed by atoms with Crippen LogP contribution in [0.3, 0.4) is 0 Å². The molecule has 0 saturated heterocycles. The number of rotatable bonds is 3. The summed E-state index contributed by atoms with van der Waals surface area (Å²) < 4.78 is 14.8. The van der Waals surface area contributed by atoms with Gasteiger partial charge in [-0.2, -0.15) is 0 Å². The minimum Gasteiger partial charge on any atom is -0.207 e. The highest BCUT2D eigenvalue weighted by Gasteiger charge is 2.48. The van der Waals surface area contributed by atoms with Crippen molar-refractivity contribution < 1.29 is 5.82 Å². The molecule has 3 heteroatoms. The predicted molar refractivity (Wildman–Crippen MR) is 87.4 cm³/mol. The molecule has 1 aromatic rings. The van der Waals surface area contributed by atoms with Gasteiger partial charge < -0.3 is 0 Å². The molecule has 1 heterocycles. The molecule has 1 aliphatic carbocycles. The average Bonchev–Trinajstić information content (AvgIpc) is 3.09. The molecule has 0 aromatic heterocycles. The van der Waals surface area contributed by atoms with Crippen molar-refractivity contribution in [2.45, 2.75) is 12.8 Å². The molecular weight excluding hydrogens is 275 g/mol. The zero-order valence-corrected chi connectivity index (χ0v) is 12.4. The van der Waals surface area contributed by atoms with Gasteiger partial charge in [0.15, 0.2) is 0 Å². The summed E-state index contributed by atoms with van der Waals surface area (Å²) >= 11 is 3.62. The van der Waals surface area contributed by atoms with Crippen LogP contribution < -0.4 is 0 Å². The van der Waals surface area contributed by atoms with Crippen LogP contribution in [0, 0.1) is 11.2 Å². The van der Waals surface area contributed by atoms with Gasteiger partial charge in [0.1, 0.15) is 5.82 Å². The zero-order chi connectivity index (χ0) is 13.5. The molecule has 1 spiro atoms. The summed E-state index contributed by atoms with van der Waals surface area (Å²) in [4.78, 5) is 1.35. The molecule has 1 saturated carbocycles. The van der Waals surface area contributed by atoms with Crippen molar-refractivity contribution >= 4 is 35.7 Å². The third-order valence-electron chi connectivity index (χ3n) is 3.64. The Bertz CT molecular complexity index is 600. The quantitative estimate of drug-likeness (QED) is 0.692. The Balaban J connectivity index is 0.00000147. The first-order valence-corrected chi connectivity index (χ1v) is 8.30. The summed E-state index contributed by atoms with van der Waals surface area (Å²) in [6.45, 7) is 3.80. The smallest absolute Gasteiger partial charge is 0.123 e. The first-order valence-electron chi connectivity index (χ1n) is 6.26. The van der Waals surface area contributed by atoms with Gasteiger partial charge in [0.2, 0.25) is 0 Å². The van der Waals surface area contributed by atoms with E-state index in [1.54, 1.807) is 30.0 Å². The second kappa shape index (κ2) is 4.88. The Labute approximate surface area is 123 Å². The monoisotopic (exact) mass is 292 g/mol. The molecule has 1 aliphatic heterocycles. The van der Waals surface area contributed by atoms with Crippen LogP contribution in [0.4, 0.5) is 4.39 Å². The van der Waals surface area contributed by atoms with Crippen molar-refractivity contribution in [2.75, 3.05) is 6.26 Å². The van der Waals surface area contributed by atoms with Crippen molar-refractivity contribution in [1.29, 1.82) is 0 Å². The largest absolute Gasteiger partial charge is 0.207 e. The van der Waals surface area contributed by atoms with Gasteiger partial charge in [0.05, 0.1) is 0 Å². The van der Waals surface area contributed by atoms with Crippen LogP contribution in [0.25, 0.3) is 12.2 Å². The van der Waals surface area contributed by atoms with Crippen LogP contribution >= 0.6 is 23.5 Å². The second-order valence-electron chi connectivity index (χ2n) is 4.91. The first-order chi connectivity index (χ1) is 9.16. The van der Waals surface area contributed by atoms with E-state index in [4.69, 9.17) is 0 Å². The summed E-state index contributed by atoms with van der Waals surface area (Å²) in [7, 11) is 0. The molecule has 0 radical (unpaired) electrons. The topological polar surface area (TPSA) is 0 Å². The summed E-state index contributed by atoms with van der Waals surface area (Å²) in [6.07, 6.45) is 10.8. The van der Waals surface area contributed by atoms with Crippen LogP contribution in [0.2, 0.25) is 0 Å². The van der Waals surface area contributed by atoms with E-state index >= 15 is 0 Å². The molecule has 19 heavy (non-hydrogen) atoms. The van der Waals surface area contributed by atoms with E-state index < -0.39 is 0 Å². The molecule has 0 unspecified atom stereocenters. The van der Waals surface area contributed by atoms with E-state index in [1.165, 1.54) is 28.1 Å². The maximum absolute atomic E-state index is 13.4. The van der Waals surface area contributed by atoms with Crippen molar-refractivity contribution in [3.8, 4) is 0 Å². The van der Waals surface area contributed by atoms with Crippen LogP contribution in [0.15, 0.2) is 40.0 Å². The normalized spacial score (nSPS) is 21.8. The van der Waals surface area contributed by atoms with E-state index in [0.717, 1.165) is 11.1 Å². The highest BCUT2D eigenvalue weighted by molar-refractivity contribution is 8.24. The number of hydrogen-bond donors (Lipinski definition) is 0. The maximum atomic E-state index is 13.4. The van der Waals surface area contributed by atoms with Gasteiger partial charge >= 0.3 is 0 Å². The fourth-order valence-corrected chi connectivity index (χ4v) is 4.43. The molecule has 100 valence electrons. The molecule has 1 aromatic carbocycles. The van der Waals surface area contributed by atoms with Crippen molar-refractivity contribution in [3.63, 3.8) is 0 Å². The van der Waals surface area contributed by atoms with E-state index in [-0.39, 0.29) is 12.7 Å². The van der Waals surface area contributed by atoms with Gasteiger partial charge in [-0.15, -0.1) is 11.8 Å². The van der Waals surface area contributed by atoms with Gasteiger partial charge in [0, 0.05) is 16.0 Å². The van der Waals surface area contributed by atoms with Crippen molar-refractivity contribution in [3.05, 3.63) is 56.9 Å². The second-order valence-corrected chi connectivity index (χ2v) is 7.10. The number of halogens is 1. The Morgan fingerprint density at radius 2 is 2.21 bits per heavy atom. The van der Waals surface area contributed by atoms with Crippen LogP contribution in [-0.4, -0.2) is 6.26 Å². The van der Waals surface area contributed by atoms with Gasteiger partial charge in [0.25, 0.3) is 0 Å². The molecule has 2 aliphatic rings. The van der Waals surface area contributed by atoms with Gasteiger partial charge in [-0.1, -0.05) is 36.6 Å². The maximum Gasteiger partial charge on any atom is 0.123 e. The van der Waals surface area contributed by atoms with Crippen molar-refractivity contribution in [1.82, 2.24) is 0 Å². The lowest BCUT2D eigenvalue weighted by molar-refractivity contribution is 0.627. The standard InChI is InChI=1S/C16H15FS2.H2/c1-3-11-4-5-13(17)8-12(11)9-14-16(6-7-16)10-15(18-2)19-14;/h3-5,8-10H,1,6-7H2,2H3;1H/b14-9-;. The molecule has 0 bridgehead atoms. The molecule has 0 nitrogen and oxygen atoms in total. The highest BCUT2D eigenvalue weighted by atomic mass is 32.2. The molecule has 1 fully saturated rings. The van der Waals surface area contributed by atoms with E-state index in [0.29, 0.717) is 0 Å². The summed E-state index contributed by atoms with van der Waals surface area (Å²) in [5.41, 5.74) is 2.18. The third kappa shape index (κ3) is 2.41. The molecule has 0 amide bonds. The van der Waals surface area contributed by atoms with Crippen LogP contribution in [-0.2, 0) is 0 Å². The summed E-state index contributed by atoms with van der Waals surface area (Å²) in [5, 5.41) is 0. The molecule has 3 rings (SSSR count). The summed E-state index contributed by atoms with van der Waals surface area (Å²) in [6, 6.07) is 4.87. The SMILES string of the molecule is C=Cc1ccc(F)cc1/C=C1\SC(SC)=CC12CC2.[HH]. The predicted octanol–water partition coefficient (Wildman–Crippen LogP) is 5.79. The lowest BCUT2D eigenvalue weighted by Gasteiger charge is -2.08. The Hall–Kier alpha value is -0.930.